The number of rotatable bonds is 10. The molecule has 29 heavy (non-hydrogen) atoms. The quantitative estimate of drug-likeness (QED) is 0.486. The van der Waals surface area contributed by atoms with Crippen molar-refractivity contribution in [1.29, 1.82) is 0 Å². The highest BCUT2D eigenvalue weighted by Gasteiger charge is 2.06. The number of aromatic carboxylic acids is 1. The van der Waals surface area contributed by atoms with Crippen molar-refractivity contribution in [3.8, 4) is 11.3 Å². The zero-order valence-corrected chi connectivity index (χ0v) is 16.6. The summed E-state index contributed by atoms with van der Waals surface area (Å²) in [4.78, 5) is 13.1. The van der Waals surface area contributed by atoms with Crippen LogP contribution in [0.2, 0.25) is 0 Å². The highest BCUT2D eigenvalue weighted by Crippen LogP contribution is 2.19. The van der Waals surface area contributed by atoms with Crippen molar-refractivity contribution >= 4 is 5.97 Å². The molecule has 0 aliphatic carbocycles. The third kappa shape index (κ3) is 6.26. The van der Waals surface area contributed by atoms with E-state index in [2.05, 4.69) is 22.1 Å². The number of aryl methyl sites for hydroxylation is 1. The fourth-order valence-corrected chi connectivity index (χ4v) is 3.30. The van der Waals surface area contributed by atoms with Crippen molar-refractivity contribution < 1.29 is 14.3 Å². The van der Waals surface area contributed by atoms with Gasteiger partial charge in [-0.15, -0.1) is 0 Å². The first-order chi connectivity index (χ1) is 14.0. The minimum absolute atomic E-state index is 0.256. The number of nitrogens with one attached hydrogen (secondary N) is 1. The minimum atomic E-state index is -0.898. The highest BCUT2D eigenvalue weighted by atomic mass is 19.1. The molecule has 0 radical (unpaired) electrons. The number of carboxylic acid groups (broad SMARTS) is 1. The van der Waals surface area contributed by atoms with Gasteiger partial charge < -0.3 is 10.0 Å². The monoisotopic (exact) mass is 395 g/mol. The van der Waals surface area contributed by atoms with Crippen LogP contribution in [0.5, 0.6) is 0 Å². The number of aromatic amines is 1. The maximum atomic E-state index is 13.3. The van der Waals surface area contributed by atoms with Gasteiger partial charge in [0.05, 0.1) is 11.3 Å². The van der Waals surface area contributed by atoms with Gasteiger partial charge in [-0.25, -0.2) is 9.18 Å². The Morgan fingerprint density at radius 2 is 1.90 bits per heavy atom. The second kappa shape index (κ2) is 9.98. The van der Waals surface area contributed by atoms with Crippen LogP contribution in [0, 0.1) is 5.82 Å². The van der Waals surface area contributed by atoms with E-state index in [9.17, 15) is 9.18 Å². The van der Waals surface area contributed by atoms with E-state index in [-0.39, 0.29) is 5.82 Å². The van der Waals surface area contributed by atoms with Crippen LogP contribution in [-0.4, -0.2) is 39.8 Å². The van der Waals surface area contributed by atoms with Gasteiger partial charge >= 0.3 is 5.97 Å². The van der Waals surface area contributed by atoms with Gasteiger partial charge in [-0.2, -0.15) is 5.10 Å². The number of unbranched alkanes of at least 4 members (excludes halogenated alkanes) is 2. The molecule has 0 bridgehead atoms. The average molecular weight is 395 g/mol. The van der Waals surface area contributed by atoms with Crippen molar-refractivity contribution in [2.75, 3.05) is 13.6 Å². The first-order valence-corrected chi connectivity index (χ1v) is 9.82. The molecule has 6 heteroatoms. The summed E-state index contributed by atoms with van der Waals surface area (Å²) in [5, 5.41) is 16.3. The third-order valence-electron chi connectivity index (χ3n) is 4.89. The lowest BCUT2D eigenvalue weighted by molar-refractivity contribution is 0.0697. The summed E-state index contributed by atoms with van der Waals surface area (Å²) in [6.07, 6.45) is 4.18. The maximum Gasteiger partial charge on any atom is 0.335 e. The number of aromatic nitrogens is 2. The summed E-state index contributed by atoms with van der Waals surface area (Å²) in [5.74, 6) is -1.15. The number of H-pyrrole nitrogens is 1. The lowest BCUT2D eigenvalue weighted by Gasteiger charge is -2.16. The van der Waals surface area contributed by atoms with Crippen LogP contribution < -0.4 is 0 Å². The molecule has 5 nitrogen and oxygen atoms in total. The highest BCUT2D eigenvalue weighted by molar-refractivity contribution is 5.87. The van der Waals surface area contributed by atoms with Crippen LogP contribution >= 0.6 is 0 Å². The van der Waals surface area contributed by atoms with Crippen LogP contribution in [0.4, 0.5) is 4.39 Å². The number of hydrogen-bond acceptors (Lipinski definition) is 3. The molecule has 1 aromatic heterocycles. The fourth-order valence-electron chi connectivity index (χ4n) is 3.30. The molecule has 152 valence electrons. The number of benzene rings is 2. The maximum absolute atomic E-state index is 13.3. The molecule has 0 fully saturated rings. The van der Waals surface area contributed by atoms with E-state index in [4.69, 9.17) is 5.11 Å². The van der Waals surface area contributed by atoms with Crippen molar-refractivity contribution in [3.05, 3.63) is 77.2 Å². The number of nitrogens with zero attached hydrogens (tertiary/aromatic N) is 2. The molecule has 0 aliphatic heterocycles. The van der Waals surface area contributed by atoms with E-state index in [0.717, 1.165) is 61.3 Å². The molecule has 0 aliphatic rings. The van der Waals surface area contributed by atoms with E-state index in [1.165, 1.54) is 12.1 Å². The molecule has 2 aromatic carbocycles. The van der Waals surface area contributed by atoms with Gasteiger partial charge in [0.2, 0.25) is 0 Å². The van der Waals surface area contributed by atoms with Gasteiger partial charge in [0.15, 0.2) is 0 Å². The molecule has 2 N–H and O–H groups in total. The largest absolute Gasteiger partial charge is 0.478 e. The number of halogens is 1. The Bertz CT molecular complexity index is 937. The number of carboxylic acids is 1. The Labute approximate surface area is 170 Å². The van der Waals surface area contributed by atoms with Crippen LogP contribution in [0.15, 0.2) is 54.6 Å². The standard InChI is InChI=1S/C23H26FN3O2/c1-27(16-17-9-11-18(12-10-17)23(28)29)13-4-2-3-8-21-15-22(26-25-21)19-6-5-7-20(24)14-19/h5-7,9-12,14-15H,2-4,8,13,16H2,1H3,(H,25,26)(H,28,29). The second-order valence-electron chi connectivity index (χ2n) is 7.34. The minimum Gasteiger partial charge on any atom is -0.478 e. The summed E-state index contributed by atoms with van der Waals surface area (Å²) in [6, 6.07) is 15.5. The lowest BCUT2D eigenvalue weighted by atomic mass is 10.1. The average Bonchev–Trinajstić information content (AvgIpc) is 3.17. The molecule has 0 amide bonds. The van der Waals surface area contributed by atoms with Gasteiger partial charge in [0.1, 0.15) is 5.82 Å². The lowest BCUT2D eigenvalue weighted by Crippen LogP contribution is -2.19. The van der Waals surface area contributed by atoms with Crippen LogP contribution in [0.3, 0.4) is 0 Å². The van der Waals surface area contributed by atoms with Crippen LogP contribution in [0.1, 0.15) is 40.9 Å². The molecule has 0 saturated heterocycles. The predicted molar refractivity (Wildman–Crippen MR) is 111 cm³/mol. The van der Waals surface area contributed by atoms with Gasteiger partial charge in [0.25, 0.3) is 0 Å². The normalized spacial score (nSPS) is 11.1. The van der Waals surface area contributed by atoms with E-state index in [0.29, 0.717) is 5.56 Å². The van der Waals surface area contributed by atoms with Gasteiger partial charge in [-0.05, 0) is 68.8 Å². The van der Waals surface area contributed by atoms with Gasteiger partial charge in [-0.1, -0.05) is 30.7 Å². The Morgan fingerprint density at radius 1 is 1.10 bits per heavy atom. The van der Waals surface area contributed by atoms with Crippen molar-refractivity contribution in [3.63, 3.8) is 0 Å². The Balaban J connectivity index is 1.36. The first-order valence-electron chi connectivity index (χ1n) is 9.82. The smallest absolute Gasteiger partial charge is 0.335 e. The van der Waals surface area contributed by atoms with Crippen LogP contribution in [-0.2, 0) is 13.0 Å². The summed E-state index contributed by atoms with van der Waals surface area (Å²) in [6.45, 7) is 1.79. The molecule has 0 atom stereocenters. The third-order valence-corrected chi connectivity index (χ3v) is 4.89. The van der Waals surface area contributed by atoms with Crippen molar-refractivity contribution in [2.45, 2.75) is 32.2 Å². The molecule has 1 heterocycles. The summed E-state index contributed by atoms with van der Waals surface area (Å²) >= 11 is 0. The van der Waals surface area contributed by atoms with Crippen LogP contribution in [0.25, 0.3) is 11.3 Å². The summed E-state index contributed by atoms with van der Waals surface area (Å²) in [5.41, 5.74) is 4.05. The molecule has 0 saturated carbocycles. The fraction of sp³-hybridized carbons (Fsp3) is 0.304. The van der Waals surface area contributed by atoms with Crippen molar-refractivity contribution in [2.24, 2.45) is 0 Å². The zero-order valence-electron chi connectivity index (χ0n) is 16.6. The van der Waals surface area contributed by atoms with E-state index in [1.807, 2.05) is 24.3 Å². The Kier molecular flexibility index (Phi) is 7.14. The molecular weight excluding hydrogens is 369 g/mol. The number of hydrogen-bond donors (Lipinski definition) is 2. The van der Waals surface area contributed by atoms with E-state index >= 15 is 0 Å². The van der Waals surface area contributed by atoms with E-state index in [1.54, 1.807) is 18.2 Å². The summed E-state index contributed by atoms with van der Waals surface area (Å²) in [7, 11) is 2.07. The molecule has 3 rings (SSSR count). The van der Waals surface area contributed by atoms with Gasteiger partial charge in [-0.3, -0.25) is 5.10 Å². The Hall–Kier alpha value is -2.99. The first kappa shape index (κ1) is 20.7. The SMILES string of the molecule is CN(CCCCCc1cc(-c2cccc(F)c2)n[nH]1)Cc1ccc(C(=O)O)cc1. The second-order valence-corrected chi connectivity index (χ2v) is 7.34. The molecule has 3 aromatic rings. The summed E-state index contributed by atoms with van der Waals surface area (Å²) < 4.78 is 13.3. The predicted octanol–water partition coefficient (Wildman–Crippen LogP) is 4.76. The van der Waals surface area contributed by atoms with Gasteiger partial charge in [0, 0.05) is 17.8 Å². The Morgan fingerprint density at radius 3 is 2.62 bits per heavy atom. The topological polar surface area (TPSA) is 69.2 Å². The number of carbonyl (C=O) groups is 1. The van der Waals surface area contributed by atoms with Crippen molar-refractivity contribution in [1.82, 2.24) is 15.1 Å². The van der Waals surface area contributed by atoms with E-state index < -0.39 is 5.97 Å². The molecular formula is C23H26FN3O2. The zero-order chi connectivity index (χ0) is 20.6. The molecule has 0 unspecified atom stereocenters. The molecule has 0 spiro atoms.